The third-order valence-electron chi connectivity index (χ3n) is 3.64. The van der Waals surface area contributed by atoms with Crippen LogP contribution in [0.4, 0.5) is 0 Å². The molecule has 1 saturated carbocycles. The van der Waals surface area contributed by atoms with Crippen molar-refractivity contribution >= 4 is 5.91 Å². The summed E-state index contributed by atoms with van der Waals surface area (Å²) < 4.78 is 0. The number of hydrogen-bond acceptors (Lipinski definition) is 4. The van der Waals surface area contributed by atoms with Crippen LogP contribution in [-0.2, 0) is 6.54 Å². The van der Waals surface area contributed by atoms with Crippen molar-refractivity contribution in [3.8, 4) is 0 Å². The van der Waals surface area contributed by atoms with Crippen molar-refractivity contribution in [3.63, 3.8) is 0 Å². The second kappa shape index (κ2) is 6.63. The van der Waals surface area contributed by atoms with Gasteiger partial charge in [0.15, 0.2) is 0 Å². The van der Waals surface area contributed by atoms with E-state index < -0.39 is 0 Å². The van der Waals surface area contributed by atoms with Crippen molar-refractivity contribution in [1.29, 1.82) is 0 Å². The van der Waals surface area contributed by atoms with Crippen LogP contribution in [0.2, 0.25) is 0 Å². The van der Waals surface area contributed by atoms with Gasteiger partial charge in [-0.2, -0.15) is 0 Å². The van der Waals surface area contributed by atoms with Gasteiger partial charge in [0.2, 0.25) is 0 Å². The molecule has 104 valence electrons. The highest BCUT2D eigenvalue weighted by molar-refractivity contribution is 5.94. The normalized spacial score (nSPS) is 15.7. The zero-order valence-electron chi connectivity index (χ0n) is 11.1. The lowest BCUT2D eigenvalue weighted by atomic mass is 10.1. The van der Waals surface area contributed by atoms with Gasteiger partial charge in [-0.15, -0.1) is 0 Å². The Kier molecular flexibility index (Phi) is 4.87. The number of hydrogen-bond donors (Lipinski definition) is 2. The van der Waals surface area contributed by atoms with Crippen LogP contribution in [-0.4, -0.2) is 40.1 Å². The van der Waals surface area contributed by atoms with Gasteiger partial charge < -0.3 is 15.7 Å². The highest BCUT2D eigenvalue weighted by Crippen LogP contribution is 2.24. The molecule has 1 amide bonds. The number of aliphatic hydroxyl groups is 1. The molecule has 1 aliphatic carbocycles. The summed E-state index contributed by atoms with van der Waals surface area (Å²) >= 11 is 0. The molecule has 0 unspecified atom stereocenters. The fourth-order valence-electron chi connectivity index (χ4n) is 2.66. The van der Waals surface area contributed by atoms with Crippen LogP contribution in [0.5, 0.6) is 0 Å². The summed E-state index contributed by atoms with van der Waals surface area (Å²) in [6, 6.07) is 3.71. The molecule has 19 heavy (non-hydrogen) atoms. The minimum atomic E-state index is -0.0296. The first kappa shape index (κ1) is 14.0. The summed E-state index contributed by atoms with van der Waals surface area (Å²) in [6.45, 7) is 0.714. The van der Waals surface area contributed by atoms with E-state index in [1.54, 1.807) is 23.2 Å². The van der Waals surface area contributed by atoms with Gasteiger partial charge >= 0.3 is 0 Å². The molecule has 0 bridgehead atoms. The summed E-state index contributed by atoms with van der Waals surface area (Å²) in [7, 11) is 0. The molecule has 0 aliphatic heterocycles. The van der Waals surface area contributed by atoms with E-state index in [0.29, 0.717) is 24.3 Å². The smallest absolute Gasteiger partial charge is 0.254 e. The van der Waals surface area contributed by atoms with E-state index in [1.165, 1.54) is 0 Å². The van der Waals surface area contributed by atoms with Gasteiger partial charge in [0.1, 0.15) is 0 Å². The highest BCUT2D eigenvalue weighted by atomic mass is 16.3. The molecule has 0 atom stereocenters. The molecule has 3 N–H and O–H groups in total. The standard InChI is InChI=1S/C14H21N3O2/c15-10-12-9-11(5-6-16-12)14(19)17(7-8-18)13-3-1-2-4-13/h5-6,9,13,18H,1-4,7-8,10,15H2. The van der Waals surface area contributed by atoms with Crippen molar-refractivity contribution in [3.05, 3.63) is 29.6 Å². The number of carbonyl (C=O) groups excluding carboxylic acids is 1. The maximum atomic E-state index is 12.5. The lowest BCUT2D eigenvalue weighted by molar-refractivity contribution is 0.0638. The topological polar surface area (TPSA) is 79.5 Å². The molecule has 0 radical (unpaired) electrons. The summed E-state index contributed by atoms with van der Waals surface area (Å²) in [5, 5.41) is 9.17. The molecule has 5 heteroatoms. The van der Waals surface area contributed by atoms with Crippen LogP contribution in [0.25, 0.3) is 0 Å². The molecule has 2 rings (SSSR count). The first-order valence-electron chi connectivity index (χ1n) is 6.83. The average Bonchev–Trinajstić information content (AvgIpc) is 2.98. The zero-order valence-corrected chi connectivity index (χ0v) is 11.1. The first-order valence-corrected chi connectivity index (χ1v) is 6.83. The third-order valence-corrected chi connectivity index (χ3v) is 3.64. The van der Waals surface area contributed by atoms with E-state index in [-0.39, 0.29) is 18.6 Å². The number of rotatable bonds is 5. The Balaban J connectivity index is 2.17. The van der Waals surface area contributed by atoms with Gasteiger partial charge in [0.25, 0.3) is 5.91 Å². The van der Waals surface area contributed by atoms with Crippen LogP contribution in [0, 0.1) is 0 Å². The Bertz CT molecular complexity index is 430. The largest absolute Gasteiger partial charge is 0.395 e. The summed E-state index contributed by atoms with van der Waals surface area (Å²) in [5.41, 5.74) is 6.87. The second-order valence-electron chi connectivity index (χ2n) is 4.90. The van der Waals surface area contributed by atoms with Crippen LogP contribution in [0.3, 0.4) is 0 Å². The van der Waals surface area contributed by atoms with Crippen LogP contribution in [0.15, 0.2) is 18.3 Å². The minimum Gasteiger partial charge on any atom is -0.395 e. The van der Waals surface area contributed by atoms with Gasteiger partial charge in [-0.25, -0.2) is 0 Å². The molecule has 1 aromatic rings. The molecule has 1 fully saturated rings. The Hall–Kier alpha value is -1.46. The molecule has 0 aromatic carbocycles. The van der Waals surface area contributed by atoms with E-state index in [4.69, 9.17) is 10.8 Å². The van der Waals surface area contributed by atoms with Crippen molar-refractivity contribution in [2.45, 2.75) is 38.3 Å². The molecular weight excluding hydrogens is 242 g/mol. The monoisotopic (exact) mass is 263 g/mol. The number of pyridine rings is 1. The van der Waals surface area contributed by atoms with E-state index in [9.17, 15) is 4.79 Å². The lowest BCUT2D eigenvalue weighted by Gasteiger charge is -2.28. The van der Waals surface area contributed by atoms with Crippen molar-refractivity contribution in [1.82, 2.24) is 9.88 Å². The molecule has 0 spiro atoms. The fraction of sp³-hybridized carbons (Fsp3) is 0.571. The van der Waals surface area contributed by atoms with Gasteiger partial charge in [-0.1, -0.05) is 12.8 Å². The second-order valence-corrected chi connectivity index (χ2v) is 4.90. The first-order chi connectivity index (χ1) is 9.26. The summed E-state index contributed by atoms with van der Waals surface area (Å²) in [5.74, 6) is -0.0296. The van der Waals surface area contributed by atoms with Gasteiger partial charge in [0.05, 0.1) is 12.3 Å². The SMILES string of the molecule is NCc1cc(C(=O)N(CCO)C2CCCC2)ccn1. The molecular formula is C14H21N3O2. The van der Waals surface area contributed by atoms with E-state index in [0.717, 1.165) is 25.7 Å². The third kappa shape index (κ3) is 3.30. The van der Waals surface area contributed by atoms with Crippen molar-refractivity contribution in [2.24, 2.45) is 5.73 Å². The predicted octanol–water partition coefficient (Wildman–Crippen LogP) is 0.917. The zero-order chi connectivity index (χ0) is 13.7. The van der Waals surface area contributed by atoms with Crippen LogP contribution >= 0.6 is 0 Å². The number of aromatic nitrogens is 1. The Morgan fingerprint density at radius 3 is 2.84 bits per heavy atom. The quantitative estimate of drug-likeness (QED) is 0.828. The Labute approximate surface area is 113 Å². The number of aliphatic hydroxyl groups excluding tert-OH is 1. The predicted molar refractivity (Wildman–Crippen MR) is 72.5 cm³/mol. The Morgan fingerprint density at radius 1 is 1.47 bits per heavy atom. The minimum absolute atomic E-state index is 0.00291. The lowest BCUT2D eigenvalue weighted by Crippen LogP contribution is -2.40. The van der Waals surface area contributed by atoms with E-state index >= 15 is 0 Å². The molecule has 1 aliphatic rings. The van der Waals surface area contributed by atoms with E-state index in [1.807, 2.05) is 0 Å². The fourth-order valence-corrected chi connectivity index (χ4v) is 2.66. The molecule has 0 saturated heterocycles. The maximum absolute atomic E-state index is 12.5. The van der Waals surface area contributed by atoms with Crippen LogP contribution in [0.1, 0.15) is 41.7 Å². The highest BCUT2D eigenvalue weighted by Gasteiger charge is 2.27. The molecule has 1 heterocycles. The summed E-state index contributed by atoms with van der Waals surface area (Å²) in [4.78, 5) is 18.4. The van der Waals surface area contributed by atoms with Crippen LogP contribution < -0.4 is 5.73 Å². The van der Waals surface area contributed by atoms with Crippen molar-refractivity contribution in [2.75, 3.05) is 13.2 Å². The molecule has 1 aromatic heterocycles. The van der Waals surface area contributed by atoms with Gasteiger partial charge in [-0.3, -0.25) is 9.78 Å². The Morgan fingerprint density at radius 2 is 2.21 bits per heavy atom. The number of nitrogens with zero attached hydrogens (tertiary/aromatic N) is 2. The number of amides is 1. The molecule has 5 nitrogen and oxygen atoms in total. The van der Waals surface area contributed by atoms with Gasteiger partial charge in [-0.05, 0) is 25.0 Å². The number of carbonyl (C=O) groups is 1. The van der Waals surface area contributed by atoms with Crippen molar-refractivity contribution < 1.29 is 9.90 Å². The average molecular weight is 263 g/mol. The summed E-state index contributed by atoms with van der Waals surface area (Å²) in [6.07, 6.45) is 5.98. The number of nitrogens with two attached hydrogens (primary N) is 1. The maximum Gasteiger partial charge on any atom is 0.254 e. The van der Waals surface area contributed by atoms with E-state index in [2.05, 4.69) is 4.98 Å². The van der Waals surface area contributed by atoms with Gasteiger partial charge in [0, 0.05) is 30.9 Å².